The molecule has 0 saturated heterocycles. The van der Waals surface area contributed by atoms with Crippen molar-refractivity contribution in [3.8, 4) is 0 Å². The smallest absolute Gasteiger partial charge is 0.0270 e. The molecular formula is C9H17Si. The minimum absolute atomic E-state index is 0.822. The van der Waals surface area contributed by atoms with Crippen LogP contribution in [0.1, 0.15) is 39.5 Å². The molecule has 1 aliphatic carbocycles. The van der Waals surface area contributed by atoms with E-state index in [1.807, 2.05) is 0 Å². The van der Waals surface area contributed by atoms with Gasteiger partial charge in [-0.05, 0) is 23.8 Å². The third kappa shape index (κ3) is 2.12. The first-order valence-electron chi connectivity index (χ1n) is 4.41. The first-order chi connectivity index (χ1) is 4.70. The van der Waals surface area contributed by atoms with Gasteiger partial charge in [0.15, 0.2) is 0 Å². The zero-order valence-corrected chi connectivity index (χ0v) is 8.06. The van der Waals surface area contributed by atoms with E-state index in [1.165, 1.54) is 25.7 Å². The predicted molar refractivity (Wildman–Crippen MR) is 46.3 cm³/mol. The second kappa shape index (κ2) is 3.56. The summed E-state index contributed by atoms with van der Waals surface area (Å²) in [6.45, 7) is 4.63. The van der Waals surface area contributed by atoms with E-state index >= 15 is 0 Å². The van der Waals surface area contributed by atoms with Gasteiger partial charge >= 0.3 is 0 Å². The molecular weight excluding hydrogens is 136 g/mol. The monoisotopic (exact) mass is 153 g/mol. The van der Waals surface area contributed by atoms with Gasteiger partial charge in [-0.25, -0.2) is 0 Å². The Morgan fingerprint density at radius 3 is 2.50 bits per heavy atom. The zero-order valence-electron chi connectivity index (χ0n) is 7.06. The maximum atomic E-state index is 3.78. The maximum absolute atomic E-state index is 3.78. The first-order valence-corrected chi connectivity index (χ1v) is 4.99. The van der Waals surface area contributed by atoms with E-state index in [1.54, 1.807) is 0 Å². The lowest BCUT2D eigenvalue weighted by Crippen LogP contribution is -2.05. The Hall–Kier alpha value is 0.217. The summed E-state index contributed by atoms with van der Waals surface area (Å²) in [5.74, 6) is 1.85. The van der Waals surface area contributed by atoms with E-state index in [4.69, 9.17) is 0 Å². The Bertz CT molecular complexity index is 98.9. The minimum atomic E-state index is 0.822. The summed E-state index contributed by atoms with van der Waals surface area (Å²) in [7, 11) is 3.78. The Kier molecular flexibility index (Phi) is 2.96. The highest BCUT2D eigenvalue weighted by atomic mass is 28.1. The second-order valence-corrected chi connectivity index (χ2v) is 4.67. The van der Waals surface area contributed by atoms with Gasteiger partial charge in [0.05, 0.1) is 0 Å². The lowest BCUT2D eigenvalue weighted by Gasteiger charge is -2.16. The van der Waals surface area contributed by atoms with Crippen molar-refractivity contribution in [2.45, 2.75) is 45.1 Å². The van der Waals surface area contributed by atoms with E-state index in [2.05, 4.69) is 24.1 Å². The third-order valence-corrected chi connectivity index (χ3v) is 3.19. The Labute approximate surface area is 67.8 Å². The Balaban J connectivity index is 2.26. The Morgan fingerprint density at radius 1 is 1.40 bits per heavy atom. The summed E-state index contributed by atoms with van der Waals surface area (Å²) in [6.07, 6.45) is 5.69. The zero-order chi connectivity index (χ0) is 7.56. The molecule has 0 spiro atoms. The summed E-state index contributed by atoms with van der Waals surface area (Å²) in [5, 5.41) is 0. The molecule has 1 rings (SSSR count). The molecule has 57 valence electrons. The van der Waals surface area contributed by atoms with Crippen LogP contribution in [0.2, 0.25) is 5.54 Å². The molecule has 0 amide bonds. The van der Waals surface area contributed by atoms with E-state index in [0.29, 0.717) is 0 Å². The lowest BCUT2D eigenvalue weighted by atomic mass is 9.96. The van der Waals surface area contributed by atoms with Crippen LogP contribution < -0.4 is 0 Å². The van der Waals surface area contributed by atoms with E-state index in [-0.39, 0.29) is 0 Å². The highest BCUT2D eigenvalue weighted by molar-refractivity contribution is 6.11. The van der Waals surface area contributed by atoms with Gasteiger partial charge in [0.1, 0.15) is 0 Å². The van der Waals surface area contributed by atoms with Gasteiger partial charge < -0.3 is 0 Å². The van der Waals surface area contributed by atoms with E-state index in [0.717, 1.165) is 17.4 Å². The van der Waals surface area contributed by atoms with Crippen molar-refractivity contribution in [1.29, 1.82) is 0 Å². The maximum Gasteiger partial charge on any atom is 0.0270 e. The van der Waals surface area contributed by atoms with Gasteiger partial charge in [-0.3, -0.25) is 0 Å². The number of hydrogen-bond donors (Lipinski definition) is 0. The highest BCUT2D eigenvalue weighted by Crippen LogP contribution is 2.37. The molecule has 2 unspecified atom stereocenters. The summed E-state index contributed by atoms with van der Waals surface area (Å²) >= 11 is 0. The average molecular weight is 153 g/mol. The molecule has 0 aromatic heterocycles. The van der Waals surface area contributed by atoms with Gasteiger partial charge in [0.2, 0.25) is 0 Å². The van der Waals surface area contributed by atoms with Crippen molar-refractivity contribution in [2.75, 3.05) is 0 Å². The third-order valence-electron chi connectivity index (χ3n) is 2.43. The molecule has 1 saturated carbocycles. The molecule has 0 heterocycles. The van der Waals surface area contributed by atoms with Gasteiger partial charge in [-0.2, -0.15) is 0 Å². The largest absolute Gasteiger partial charge is 0.0628 e. The van der Waals surface area contributed by atoms with Crippen LogP contribution in [0.4, 0.5) is 0 Å². The van der Waals surface area contributed by atoms with Crippen molar-refractivity contribution in [2.24, 2.45) is 11.8 Å². The van der Waals surface area contributed by atoms with Crippen molar-refractivity contribution in [3.05, 3.63) is 0 Å². The van der Waals surface area contributed by atoms with Crippen LogP contribution in [0.3, 0.4) is 0 Å². The molecule has 0 bridgehead atoms. The van der Waals surface area contributed by atoms with Gasteiger partial charge in [-0.15, -0.1) is 0 Å². The van der Waals surface area contributed by atoms with Crippen molar-refractivity contribution in [3.63, 3.8) is 0 Å². The molecule has 0 N–H and O–H groups in total. The van der Waals surface area contributed by atoms with Crippen LogP contribution in [0.25, 0.3) is 0 Å². The summed E-state index contributed by atoms with van der Waals surface area (Å²) in [6, 6.07) is 0. The molecule has 1 aliphatic rings. The van der Waals surface area contributed by atoms with Crippen LogP contribution in [0, 0.1) is 11.8 Å². The molecule has 1 heteroatoms. The molecule has 3 radical (unpaired) electrons. The fraction of sp³-hybridized carbons (Fsp3) is 1.00. The van der Waals surface area contributed by atoms with Crippen LogP contribution in [0.5, 0.6) is 0 Å². The van der Waals surface area contributed by atoms with Crippen molar-refractivity contribution >= 4 is 10.2 Å². The second-order valence-electron chi connectivity index (χ2n) is 3.93. The molecule has 0 nitrogen and oxygen atoms in total. The van der Waals surface area contributed by atoms with Crippen LogP contribution in [0.15, 0.2) is 0 Å². The predicted octanol–water partition coefficient (Wildman–Crippen LogP) is 2.79. The van der Waals surface area contributed by atoms with E-state index < -0.39 is 0 Å². The number of hydrogen-bond acceptors (Lipinski definition) is 0. The Morgan fingerprint density at radius 2 is 2.10 bits per heavy atom. The van der Waals surface area contributed by atoms with Gasteiger partial charge in [-0.1, -0.05) is 33.1 Å². The minimum Gasteiger partial charge on any atom is -0.0628 e. The fourth-order valence-corrected chi connectivity index (χ4v) is 2.43. The lowest BCUT2D eigenvalue weighted by molar-refractivity contribution is 0.419. The van der Waals surface area contributed by atoms with Gasteiger partial charge in [0, 0.05) is 10.2 Å². The first kappa shape index (κ1) is 8.31. The molecule has 0 aliphatic heterocycles. The standard InChI is InChI=1S/C9H17Si/c1-7(2)6-8-4-3-5-9(8)10/h7-9H,3-6H2,1-2H3. The van der Waals surface area contributed by atoms with Crippen LogP contribution in [-0.2, 0) is 0 Å². The fourth-order valence-electron chi connectivity index (χ4n) is 1.92. The quantitative estimate of drug-likeness (QED) is 0.535. The summed E-state index contributed by atoms with van der Waals surface area (Å²) in [4.78, 5) is 0. The van der Waals surface area contributed by atoms with Crippen LogP contribution >= 0.6 is 0 Å². The van der Waals surface area contributed by atoms with Gasteiger partial charge in [0.25, 0.3) is 0 Å². The molecule has 2 atom stereocenters. The van der Waals surface area contributed by atoms with Crippen molar-refractivity contribution in [1.82, 2.24) is 0 Å². The highest BCUT2D eigenvalue weighted by Gasteiger charge is 2.23. The van der Waals surface area contributed by atoms with E-state index in [9.17, 15) is 0 Å². The average Bonchev–Trinajstić information content (AvgIpc) is 2.15. The molecule has 0 aromatic carbocycles. The summed E-state index contributed by atoms with van der Waals surface area (Å²) in [5.41, 5.74) is 0.822. The normalized spacial score (nSPS) is 33.6. The summed E-state index contributed by atoms with van der Waals surface area (Å²) < 4.78 is 0. The SMILES string of the molecule is CC(C)CC1CCCC1[Si]. The molecule has 0 aromatic rings. The molecule has 1 fully saturated rings. The number of rotatable bonds is 2. The van der Waals surface area contributed by atoms with Crippen LogP contribution in [-0.4, -0.2) is 10.2 Å². The molecule has 10 heavy (non-hydrogen) atoms. The van der Waals surface area contributed by atoms with Crippen molar-refractivity contribution < 1.29 is 0 Å². The topological polar surface area (TPSA) is 0 Å².